The second-order valence-electron chi connectivity index (χ2n) is 11.9. The average molecular weight is 669 g/mol. The second-order valence-corrected chi connectivity index (χ2v) is 13.1. The number of ether oxygens (including phenoxy) is 1. The number of halogens is 1. The van der Waals surface area contributed by atoms with E-state index in [1.165, 1.54) is 17.0 Å². The van der Waals surface area contributed by atoms with Crippen molar-refractivity contribution in [2.75, 3.05) is 11.5 Å². The summed E-state index contributed by atoms with van der Waals surface area (Å²) in [6, 6.07) is 39.2. The van der Waals surface area contributed by atoms with Crippen molar-refractivity contribution in [1.29, 1.82) is 0 Å². The molecular formula is C39H26BrNO5. The lowest BCUT2D eigenvalue weighted by Crippen LogP contribution is -2.50. The Hall–Kier alpha value is -5.14. The number of anilines is 1. The first-order valence-corrected chi connectivity index (χ1v) is 15.9. The lowest BCUT2D eigenvalue weighted by Gasteiger charge is -2.51. The molecule has 0 aromatic heterocycles. The standard InChI is InChI=1S/C39H26BrNO5/c40-39-30-12-6-4-10-28(30)33(29-11-5-7-13-31(29)39)34-35(39)37(44)41(36(34)43)27-20-18-26(19-21-27)38(45)46-22-32(42)25-16-14-24(15-17-25)23-8-2-1-3-9-23/h1-21,33-35H,22H2/t33?,34-,35+,39?/m0/s1. The van der Waals surface area contributed by atoms with Crippen molar-refractivity contribution in [3.05, 3.63) is 161 Å². The summed E-state index contributed by atoms with van der Waals surface area (Å²) in [6.07, 6.45) is 0. The summed E-state index contributed by atoms with van der Waals surface area (Å²) in [5, 5.41) is 0. The molecule has 2 bridgehead atoms. The van der Waals surface area contributed by atoms with Gasteiger partial charge in [0.05, 0.1) is 27.4 Å². The van der Waals surface area contributed by atoms with Crippen LogP contribution in [0.25, 0.3) is 11.1 Å². The Morgan fingerprint density at radius 3 is 1.83 bits per heavy atom. The quantitative estimate of drug-likeness (QED) is 0.0822. The van der Waals surface area contributed by atoms with Gasteiger partial charge in [-0.05, 0) is 57.6 Å². The predicted molar refractivity (Wildman–Crippen MR) is 177 cm³/mol. The number of amides is 2. The number of carbonyl (C=O) groups excluding carboxylic acids is 4. The first-order valence-electron chi connectivity index (χ1n) is 15.1. The monoisotopic (exact) mass is 667 g/mol. The number of alkyl halides is 1. The normalized spacial score (nSPS) is 22.2. The molecule has 1 saturated heterocycles. The van der Waals surface area contributed by atoms with Crippen molar-refractivity contribution in [1.82, 2.24) is 0 Å². The van der Waals surface area contributed by atoms with Crippen molar-refractivity contribution >= 4 is 45.2 Å². The second kappa shape index (κ2) is 10.7. The van der Waals surface area contributed by atoms with Crippen LogP contribution in [-0.4, -0.2) is 30.2 Å². The summed E-state index contributed by atoms with van der Waals surface area (Å²) in [5.74, 6) is -2.94. The van der Waals surface area contributed by atoms with E-state index >= 15 is 0 Å². The van der Waals surface area contributed by atoms with Gasteiger partial charge in [-0.25, -0.2) is 9.69 Å². The molecule has 0 unspecified atom stereocenters. The minimum absolute atomic E-state index is 0.212. The summed E-state index contributed by atoms with van der Waals surface area (Å²) in [6.45, 7) is -0.409. The van der Waals surface area contributed by atoms with Crippen LogP contribution in [0.4, 0.5) is 5.69 Å². The highest BCUT2D eigenvalue weighted by molar-refractivity contribution is 9.09. The Balaban J connectivity index is 0.996. The van der Waals surface area contributed by atoms with Crippen LogP contribution in [-0.2, 0) is 18.7 Å². The van der Waals surface area contributed by atoms with Crippen molar-refractivity contribution in [3.63, 3.8) is 0 Å². The van der Waals surface area contributed by atoms with Crippen molar-refractivity contribution in [2.24, 2.45) is 11.8 Å². The van der Waals surface area contributed by atoms with E-state index in [4.69, 9.17) is 4.74 Å². The van der Waals surface area contributed by atoms with E-state index in [9.17, 15) is 19.2 Å². The lowest BCUT2D eigenvalue weighted by molar-refractivity contribution is -0.122. The number of imide groups is 1. The topological polar surface area (TPSA) is 80.8 Å². The van der Waals surface area contributed by atoms with Gasteiger partial charge >= 0.3 is 5.97 Å². The molecular weight excluding hydrogens is 642 g/mol. The smallest absolute Gasteiger partial charge is 0.338 e. The van der Waals surface area contributed by atoms with E-state index in [-0.39, 0.29) is 29.1 Å². The van der Waals surface area contributed by atoms with Gasteiger partial charge in [-0.3, -0.25) is 14.4 Å². The highest BCUT2D eigenvalue weighted by atomic mass is 79.9. The van der Waals surface area contributed by atoms with Crippen LogP contribution >= 0.6 is 15.9 Å². The molecule has 46 heavy (non-hydrogen) atoms. The fourth-order valence-electron chi connectivity index (χ4n) is 7.46. The zero-order valence-electron chi connectivity index (χ0n) is 24.4. The molecule has 1 aliphatic heterocycles. The Morgan fingerprint density at radius 2 is 1.20 bits per heavy atom. The molecule has 0 radical (unpaired) electrons. The molecule has 5 aromatic rings. The largest absolute Gasteiger partial charge is 0.454 e. The number of hydrogen-bond donors (Lipinski definition) is 0. The summed E-state index contributed by atoms with van der Waals surface area (Å²) in [4.78, 5) is 55.1. The SMILES string of the molecule is O=C(COC(=O)c1ccc(N2C(=O)[C@H]3C4c5ccccc5C(Br)(c5ccccc54)[C@H]3C2=O)cc1)c1ccc(-c2ccccc2)cc1. The molecule has 4 aliphatic rings. The number of benzene rings is 5. The molecule has 1 heterocycles. The van der Waals surface area contributed by atoms with E-state index in [1.54, 1.807) is 24.3 Å². The molecule has 3 aliphatic carbocycles. The van der Waals surface area contributed by atoms with Crippen LogP contribution in [0.3, 0.4) is 0 Å². The van der Waals surface area contributed by atoms with Crippen LogP contribution in [0.2, 0.25) is 0 Å². The van der Waals surface area contributed by atoms with E-state index in [2.05, 4.69) is 15.9 Å². The Morgan fingerprint density at radius 1 is 0.652 bits per heavy atom. The van der Waals surface area contributed by atoms with Gasteiger partial charge in [0.2, 0.25) is 11.8 Å². The number of nitrogens with zero attached hydrogens (tertiary/aromatic N) is 1. The molecule has 0 saturated carbocycles. The third kappa shape index (κ3) is 4.15. The van der Waals surface area contributed by atoms with Crippen LogP contribution < -0.4 is 4.90 Å². The van der Waals surface area contributed by atoms with Crippen LogP contribution in [0, 0.1) is 11.8 Å². The van der Waals surface area contributed by atoms with Crippen molar-refractivity contribution in [3.8, 4) is 11.1 Å². The average Bonchev–Trinajstić information content (AvgIpc) is 3.38. The molecule has 0 N–H and O–H groups in total. The summed E-state index contributed by atoms with van der Waals surface area (Å²) in [7, 11) is 0. The minimum Gasteiger partial charge on any atom is -0.454 e. The number of Topliss-reactive ketones (excluding diaryl/α,β-unsaturated/α-hetero) is 1. The van der Waals surface area contributed by atoms with Gasteiger partial charge in [0, 0.05) is 11.5 Å². The van der Waals surface area contributed by atoms with Crippen LogP contribution in [0.1, 0.15) is 48.9 Å². The van der Waals surface area contributed by atoms with Gasteiger partial charge in [-0.15, -0.1) is 0 Å². The zero-order valence-corrected chi connectivity index (χ0v) is 26.0. The molecule has 9 rings (SSSR count). The summed E-state index contributed by atoms with van der Waals surface area (Å²) < 4.78 is 4.49. The third-order valence-electron chi connectivity index (χ3n) is 9.52. The van der Waals surface area contributed by atoms with Gasteiger partial charge < -0.3 is 4.74 Å². The summed E-state index contributed by atoms with van der Waals surface area (Å²) >= 11 is 4.01. The molecule has 224 valence electrons. The predicted octanol–water partition coefficient (Wildman–Crippen LogP) is 7.30. The maximum absolute atomic E-state index is 14.1. The zero-order chi connectivity index (χ0) is 31.6. The fraction of sp³-hybridized carbons (Fsp3) is 0.128. The van der Waals surface area contributed by atoms with Crippen LogP contribution in [0.5, 0.6) is 0 Å². The van der Waals surface area contributed by atoms with Crippen LogP contribution in [0.15, 0.2) is 127 Å². The number of hydrogen-bond acceptors (Lipinski definition) is 5. The molecule has 0 spiro atoms. The summed E-state index contributed by atoms with van der Waals surface area (Å²) in [5.41, 5.74) is 7.22. The van der Waals surface area contributed by atoms with E-state index in [0.717, 1.165) is 33.4 Å². The Kier molecular flexibility index (Phi) is 6.62. The number of carbonyl (C=O) groups is 4. The van der Waals surface area contributed by atoms with Crippen molar-refractivity contribution < 1.29 is 23.9 Å². The van der Waals surface area contributed by atoms with Gasteiger partial charge in [0.15, 0.2) is 12.4 Å². The fourth-order valence-corrected chi connectivity index (χ4v) is 8.66. The van der Waals surface area contributed by atoms with Gasteiger partial charge in [0.1, 0.15) is 0 Å². The molecule has 1 fully saturated rings. The van der Waals surface area contributed by atoms with Gasteiger partial charge in [0.25, 0.3) is 0 Å². The number of rotatable bonds is 6. The number of ketones is 1. The molecule has 5 aromatic carbocycles. The van der Waals surface area contributed by atoms with E-state index in [1.807, 2.05) is 91.0 Å². The highest BCUT2D eigenvalue weighted by Gasteiger charge is 2.67. The molecule has 2 amide bonds. The van der Waals surface area contributed by atoms with E-state index in [0.29, 0.717) is 11.3 Å². The van der Waals surface area contributed by atoms with E-state index < -0.39 is 28.7 Å². The third-order valence-corrected chi connectivity index (χ3v) is 10.9. The highest BCUT2D eigenvalue weighted by Crippen LogP contribution is 2.66. The lowest BCUT2D eigenvalue weighted by atomic mass is 9.55. The van der Waals surface area contributed by atoms with Gasteiger partial charge in [-0.1, -0.05) is 119 Å². The molecule has 2 atom stereocenters. The molecule has 6 nitrogen and oxygen atoms in total. The van der Waals surface area contributed by atoms with Gasteiger partial charge in [-0.2, -0.15) is 0 Å². The Bertz CT molecular complexity index is 2010. The minimum atomic E-state index is -0.834. The molecule has 7 heteroatoms. The number of esters is 1. The maximum Gasteiger partial charge on any atom is 0.338 e. The Labute approximate surface area is 273 Å². The maximum atomic E-state index is 14.1. The first-order chi connectivity index (χ1) is 22.4. The van der Waals surface area contributed by atoms with Crippen molar-refractivity contribution in [2.45, 2.75) is 10.2 Å². The first kappa shape index (κ1) is 28.3.